The molecule has 3 heterocycles. The summed E-state index contributed by atoms with van der Waals surface area (Å²) in [4.78, 5) is 18.7. The van der Waals surface area contributed by atoms with Crippen LogP contribution in [-0.2, 0) is 11.3 Å². The van der Waals surface area contributed by atoms with Crippen LogP contribution in [0.1, 0.15) is 19.8 Å². The second-order valence-corrected chi connectivity index (χ2v) is 5.49. The lowest BCUT2D eigenvalue weighted by Crippen LogP contribution is -2.48. The molecule has 1 aromatic heterocycles. The Balaban J connectivity index is 1.58. The van der Waals surface area contributed by atoms with Gasteiger partial charge in [0.25, 0.3) is 5.56 Å². The van der Waals surface area contributed by atoms with E-state index in [2.05, 4.69) is 15.2 Å². The third-order valence-electron chi connectivity index (χ3n) is 4.21. The lowest BCUT2D eigenvalue weighted by molar-refractivity contribution is -0.0416. The van der Waals surface area contributed by atoms with E-state index in [9.17, 15) is 4.79 Å². The van der Waals surface area contributed by atoms with E-state index >= 15 is 0 Å². The molecule has 0 spiro atoms. The van der Waals surface area contributed by atoms with Crippen LogP contribution in [0.3, 0.4) is 0 Å². The van der Waals surface area contributed by atoms with Gasteiger partial charge in [0.2, 0.25) is 0 Å². The van der Waals surface area contributed by atoms with Gasteiger partial charge in [-0.3, -0.25) is 9.69 Å². The van der Waals surface area contributed by atoms with E-state index in [1.54, 1.807) is 17.0 Å². The average Bonchev–Trinajstić information content (AvgIpc) is 2.93. The largest absolute Gasteiger partial charge is 0.373 e. The summed E-state index contributed by atoms with van der Waals surface area (Å²) in [6.07, 6.45) is 6.03. The van der Waals surface area contributed by atoms with Gasteiger partial charge in [-0.15, -0.1) is 0 Å². The van der Waals surface area contributed by atoms with Crippen LogP contribution in [0.25, 0.3) is 0 Å². The van der Waals surface area contributed by atoms with E-state index in [-0.39, 0.29) is 11.7 Å². The monoisotopic (exact) mass is 278 g/mol. The smallest absolute Gasteiger partial charge is 0.293 e. The molecule has 2 atom stereocenters. The van der Waals surface area contributed by atoms with Crippen LogP contribution in [0.2, 0.25) is 0 Å². The van der Waals surface area contributed by atoms with Crippen LogP contribution < -0.4 is 10.9 Å². The lowest BCUT2D eigenvalue weighted by atomic mass is 10.2. The Bertz CT molecular complexity index is 516. The number of ether oxygens (including phenoxy) is 1. The molecule has 0 radical (unpaired) electrons. The number of hydrogen-bond donors (Lipinski definition) is 1. The van der Waals surface area contributed by atoms with Crippen molar-refractivity contribution in [2.24, 2.45) is 0 Å². The Morgan fingerprint density at radius 1 is 1.55 bits per heavy atom. The predicted octanol–water partition coefficient (Wildman–Crippen LogP) is 0.538. The van der Waals surface area contributed by atoms with Crippen molar-refractivity contribution in [3.05, 3.63) is 22.7 Å². The molecule has 1 N–H and O–H groups in total. The quantitative estimate of drug-likeness (QED) is 0.871. The summed E-state index contributed by atoms with van der Waals surface area (Å²) in [5.74, 6) is 0.418. The second-order valence-electron chi connectivity index (χ2n) is 5.49. The van der Waals surface area contributed by atoms with Crippen molar-refractivity contribution < 1.29 is 4.74 Å². The van der Waals surface area contributed by atoms with Crippen molar-refractivity contribution in [1.29, 1.82) is 0 Å². The molecule has 2 aliphatic rings. The molecule has 2 saturated heterocycles. The number of nitrogens with zero attached hydrogens (tertiary/aromatic N) is 3. The van der Waals surface area contributed by atoms with Crippen molar-refractivity contribution >= 4 is 5.82 Å². The Morgan fingerprint density at radius 2 is 2.45 bits per heavy atom. The average molecular weight is 278 g/mol. The zero-order valence-corrected chi connectivity index (χ0v) is 11.9. The van der Waals surface area contributed by atoms with Crippen LogP contribution in [0.4, 0.5) is 5.82 Å². The Hall–Kier alpha value is -1.40. The normalized spacial score (nSPS) is 26.4. The molecule has 2 aliphatic heterocycles. The van der Waals surface area contributed by atoms with Crippen LogP contribution in [0.15, 0.2) is 17.2 Å². The summed E-state index contributed by atoms with van der Waals surface area (Å²) in [5.41, 5.74) is -0.0649. The molecule has 20 heavy (non-hydrogen) atoms. The highest BCUT2D eigenvalue weighted by atomic mass is 16.5. The van der Waals surface area contributed by atoms with Crippen LogP contribution in [-0.4, -0.2) is 52.8 Å². The number of fused-ring (bicyclic) bond motifs is 1. The summed E-state index contributed by atoms with van der Waals surface area (Å²) < 4.78 is 7.52. The predicted molar refractivity (Wildman–Crippen MR) is 77.0 cm³/mol. The molecule has 110 valence electrons. The van der Waals surface area contributed by atoms with Gasteiger partial charge in [0.15, 0.2) is 5.82 Å². The summed E-state index contributed by atoms with van der Waals surface area (Å²) in [6.45, 7) is 6.19. The number of morpholine rings is 1. The third-order valence-corrected chi connectivity index (χ3v) is 4.21. The topological polar surface area (TPSA) is 59.4 Å². The van der Waals surface area contributed by atoms with E-state index < -0.39 is 0 Å². The molecule has 3 rings (SSSR count). The Kier molecular flexibility index (Phi) is 4.03. The lowest BCUT2D eigenvalue weighted by Gasteiger charge is -2.35. The first kappa shape index (κ1) is 13.6. The molecule has 0 bridgehead atoms. The number of aryl methyl sites for hydroxylation is 1. The van der Waals surface area contributed by atoms with Crippen molar-refractivity contribution in [3.8, 4) is 0 Å². The van der Waals surface area contributed by atoms with Gasteiger partial charge in [-0.2, -0.15) is 0 Å². The number of nitrogens with one attached hydrogen (secondary N) is 1. The van der Waals surface area contributed by atoms with Gasteiger partial charge in [-0.25, -0.2) is 4.98 Å². The summed E-state index contributed by atoms with van der Waals surface area (Å²) in [7, 11) is 0. The maximum Gasteiger partial charge on any atom is 0.293 e. The summed E-state index contributed by atoms with van der Waals surface area (Å²) >= 11 is 0. The minimum atomic E-state index is -0.0649. The van der Waals surface area contributed by atoms with Crippen molar-refractivity contribution in [2.45, 2.75) is 38.5 Å². The molecule has 6 nitrogen and oxygen atoms in total. The molecule has 0 aliphatic carbocycles. The minimum absolute atomic E-state index is 0.0649. The number of aromatic nitrogens is 2. The molecule has 2 fully saturated rings. The highest BCUT2D eigenvalue weighted by Crippen LogP contribution is 2.22. The van der Waals surface area contributed by atoms with E-state index in [0.717, 1.165) is 13.2 Å². The van der Waals surface area contributed by atoms with Crippen molar-refractivity contribution in [1.82, 2.24) is 14.5 Å². The van der Waals surface area contributed by atoms with Gasteiger partial charge in [0, 0.05) is 38.1 Å². The number of anilines is 1. The van der Waals surface area contributed by atoms with Crippen LogP contribution >= 0.6 is 0 Å². The van der Waals surface area contributed by atoms with Crippen LogP contribution in [0.5, 0.6) is 0 Å². The maximum absolute atomic E-state index is 12.0. The summed E-state index contributed by atoms with van der Waals surface area (Å²) in [5, 5.41) is 3.14. The fraction of sp³-hybridized carbons (Fsp3) is 0.714. The highest BCUT2D eigenvalue weighted by Gasteiger charge is 2.32. The molecular formula is C14H22N4O2. The number of hydrogen-bond acceptors (Lipinski definition) is 5. The van der Waals surface area contributed by atoms with Gasteiger partial charge < -0.3 is 14.6 Å². The molecule has 6 heteroatoms. The third kappa shape index (κ3) is 2.71. The number of rotatable bonds is 4. The minimum Gasteiger partial charge on any atom is -0.373 e. The molecule has 0 saturated carbocycles. The molecule has 0 aromatic carbocycles. The van der Waals surface area contributed by atoms with Gasteiger partial charge >= 0.3 is 0 Å². The molecule has 2 unspecified atom stereocenters. The van der Waals surface area contributed by atoms with Crippen molar-refractivity contribution in [3.63, 3.8) is 0 Å². The maximum atomic E-state index is 12.0. The molecule has 0 amide bonds. The van der Waals surface area contributed by atoms with Gasteiger partial charge in [-0.05, 0) is 26.3 Å². The fourth-order valence-corrected chi connectivity index (χ4v) is 3.04. The SMILES string of the molecule is CCn1ccnc(NCC2CN3CCCC3CO2)c1=O. The van der Waals surface area contributed by atoms with Gasteiger partial charge in [0.1, 0.15) is 0 Å². The van der Waals surface area contributed by atoms with Crippen molar-refractivity contribution in [2.75, 3.05) is 31.6 Å². The van der Waals surface area contributed by atoms with E-state index in [1.807, 2.05) is 6.92 Å². The first-order valence-electron chi connectivity index (χ1n) is 7.43. The Morgan fingerprint density at radius 3 is 3.30 bits per heavy atom. The van der Waals surface area contributed by atoms with E-state index in [1.165, 1.54) is 19.4 Å². The zero-order valence-electron chi connectivity index (χ0n) is 11.9. The van der Waals surface area contributed by atoms with Crippen LogP contribution in [0, 0.1) is 0 Å². The standard InChI is InChI=1S/C14H22N4O2/c1-2-17-7-5-15-13(14(17)19)16-8-12-9-18-6-3-4-11(18)10-20-12/h5,7,11-12H,2-4,6,8-10H2,1H3,(H,15,16). The first-order valence-corrected chi connectivity index (χ1v) is 7.43. The van der Waals surface area contributed by atoms with E-state index in [0.29, 0.717) is 24.9 Å². The first-order chi connectivity index (χ1) is 9.78. The summed E-state index contributed by atoms with van der Waals surface area (Å²) in [6, 6.07) is 0.610. The van der Waals surface area contributed by atoms with Gasteiger partial charge in [0.05, 0.1) is 12.7 Å². The Labute approximate surface area is 118 Å². The highest BCUT2D eigenvalue weighted by molar-refractivity contribution is 5.30. The van der Waals surface area contributed by atoms with Gasteiger partial charge in [-0.1, -0.05) is 0 Å². The molecular weight excluding hydrogens is 256 g/mol. The fourth-order valence-electron chi connectivity index (χ4n) is 3.04. The zero-order chi connectivity index (χ0) is 13.9. The second kappa shape index (κ2) is 5.93. The molecule has 1 aromatic rings. The van der Waals surface area contributed by atoms with E-state index in [4.69, 9.17) is 4.74 Å².